The van der Waals surface area contributed by atoms with Crippen LogP contribution in [0.25, 0.3) is 0 Å². The van der Waals surface area contributed by atoms with Crippen molar-refractivity contribution in [2.75, 3.05) is 14.2 Å². The first-order valence-electron chi connectivity index (χ1n) is 2.30. The fourth-order valence-corrected chi connectivity index (χ4v) is 0.260. The molecular formula is C6H13NO2Zn. The zero-order valence-electron chi connectivity index (χ0n) is 6.81. The van der Waals surface area contributed by atoms with Crippen molar-refractivity contribution in [1.82, 2.24) is 5.32 Å². The van der Waals surface area contributed by atoms with Gasteiger partial charge in [-0.05, 0) is 13.1 Å². The molecule has 0 aromatic heterocycles. The summed E-state index contributed by atoms with van der Waals surface area (Å²) in [4.78, 5) is 10.4. The van der Waals surface area contributed by atoms with Crippen molar-refractivity contribution in [2.24, 2.45) is 0 Å². The van der Waals surface area contributed by atoms with Gasteiger partial charge in [-0.1, -0.05) is 0 Å². The standard InChI is InChI=1S/C5H10NO2.CH3.Zn/c1-4(6-2)5(7)8-3;;/h4,6H,1H2,2-3H3;1H3;/q2*-1;+2/t4-;;/m0../s1. The van der Waals surface area contributed by atoms with E-state index < -0.39 is 6.04 Å². The number of nitrogens with one attached hydrogen (secondary N) is 1. The molecule has 1 atom stereocenters. The average Bonchev–Trinajstić information content (AvgIpc) is 1.84. The van der Waals surface area contributed by atoms with Gasteiger partial charge in [-0.3, -0.25) is 4.79 Å². The SMILES string of the molecule is [CH2-][C@H](NC)C(=O)OC.[CH3-].[Zn+2]. The maximum atomic E-state index is 10.4. The maximum absolute atomic E-state index is 10.4. The fraction of sp³-hybridized carbons (Fsp3) is 0.500. The Labute approximate surface area is 75.3 Å². The Bertz CT molecular complexity index is 87.8. The fourth-order valence-electron chi connectivity index (χ4n) is 0.260. The normalized spacial score (nSPS) is 10.3. The molecule has 0 heterocycles. The molecule has 4 heteroatoms. The van der Waals surface area contributed by atoms with Crippen LogP contribution >= 0.6 is 0 Å². The summed E-state index contributed by atoms with van der Waals surface area (Å²) in [6.45, 7) is 3.44. The molecule has 0 rings (SSSR count). The summed E-state index contributed by atoms with van der Waals surface area (Å²) < 4.78 is 4.34. The zero-order valence-corrected chi connectivity index (χ0v) is 9.78. The van der Waals surface area contributed by atoms with Crippen molar-refractivity contribution in [1.29, 1.82) is 0 Å². The molecule has 0 aromatic carbocycles. The van der Waals surface area contributed by atoms with E-state index in [4.69, 9.17) is 0 Å². The maximum Gasteiger partial charge on any atom is 2.00 e. The Morgan fingerprint density at radius 3 is 2.20 bits per heavy atom. The van der Waals surface area contributed by atoms with E-state index in [1.54, 1.807) is 7.05 Å². The van der Waals surface area contributed by atoms with Gasteiger partial charge >= 0.3 is 19.5 Å². The number of likely N-dealkylation sites (N-methyl/N-ethyl adjacent to an activating group) is 1. The van der Waals surface area contributed by atoms with Crippen LogP contribution in [0.2, 0.25) is 0 Å². The minimum absolute atomic E-state index is 0. The van der Waals surface area contributed by atoms with Gasteiger partial charge in [0.05, 0.1) is 7.11 Å². The predicted molar refractivity (Wildman–Crippen MR) is 36.6 cm³/mol. The van der Waals surface area contributed by atoms with E-state index in [2.05, 4.69) is 17.0 Å². The number of hydrogen-bond acceptors (Lipinski definition) is 3. The molecular weight excluding hydrogens is 183 g/mol. The van der Waals surface area contributed by atoms with E-state index in [1.165, 1.54) is 7.11 Å². The summed E-state index contributed by atoms with van der Waals surface area (Å²) in [5.74, 6) is -0.340. The number of esters is 1. The molecule has 1 N–H and O–H groups in total. The van der Waals surface area contributed by atoms with Crippen molar-refractivity contribution in [2.45, 2.75) is 6.04 Å². The second kappa shape index (κ2) is 9.05. The van der Waals surface area contributed by atoms with Gasteiger partial charge in [0.2, 0.25) is 0 Å². The molecule has 0 spiro atoms. The van der Waals surface area contributed by atoms with Gasteiger partial charge in [-0.2, -0.15) is 0 Å². The van der Waals surface area contributed by atoms with Gasteiger partial charge in [0.1, 0.15) is 0 Å². The van der Waals surface area contributed by atoms with Crippen LogP contribution in [0, 0.1) is 14.4 Å². The first-order chi connectivity index (χ1) is 3.72. The van der Waals surface area contributed by atoms with Crippen LogP contribution in [-0.2, 0) is 29.0 Å². The molecule has 0 bridgehead atoms. The van der Waals surface area contributed by atoms with Crippen LogP contribution in [0.3, 0.4) is 0 Å². The number of carbonyl (C=O) groups is 1. The predicted octanol–water partition coefficient (Wildman–Crippen LogP) is 0.0293. The quantitative estimate of drug-likeness (QED) is 0.385. The third kappa shape index (κ3) is 6.18. The summed E-state index contributed by atoms with van der Waals surface area (Å²) in [6, 6.07) is -0.444. The Morgan fingerprint density at radius 1 is 1.70 bits per heavy atom. The number of hydrogen-bond donors (Lipinski definition) is 1. The van der Waals surface area contributed by atoms with Gasteiger partial charge in [-0.25, -0.2) is 0 Å². The van der Waals surface area contributed by atoms with Crippen molar-refractivity contribution in [3.05, 3.63) is 14.4 Å². The first-order valence-corrected chi connectivity index (χ1v) is 2.30. The van der Waals surface area contributed by atoms with Crippen molar-refractivity contribution in [3.63, 3.8) is 0 Å². The molecule has 0 saturated carbocycles. The van der Waals surface area contributed by atoms with Gasteiger partial charge in [0, 0.05) is 0 Å². The molecule has 0 fully saturated rings. The van der Waals surface area contributed by atoms with Gasteiger partial charge in [0.15, 0.2) is 0 Å². The molecule has 0 amide bonds. The molecule has 0 aliphatic heterocycles. The smallest absolute Gasteiger partial charge is 0.470 e. The van der Waals surface area contributed by atoms with E-state index in [1.807, 2.05) is 0 Å². The summed E-state index contributed by atoms with van der Waals surface area (Å²) >= 11 is 0. The number of ether oxygens (including phenoxy) is 1. The molecule has 0 radical (unpaired) electrons. The summed E-state index contributed by atoms with van der Waals surface area (Å²) in [6.07, 6.45) is 0. The van der Waals surface area contributed by atoms with Crippen LogP contribution in [0.15, 0.2) is 0 Å². The first kappa shape index (κ1) is 16.6. The minimum Gasteiger partial charge on any atom is -0.470 e. The number of carbonyl (C=O) groups excluding carboxylic acids is 1. The Kier molecular flexibility index (Phi) is 15.0. The van der Waals surface area contributed by atoms with Crippen LogP contribution in [0.5, 0.6) is 0 Å². The minimum atomic E-state index is -0.444. The topological polar surface area (TPSA) is 38.3 Å². The van der Waals surface area contributed by atoms with Crippen molar-refractivity contribution in [3.8, 4) is 0 Å². The average molecular weight is 197 g/mol. The molecule has 0 aliphatic rings. The molecule has 10 heavy (non-hydrogen) atoms. The summed E-state index contributed by atoms with van der Waals surface area (Å²) in [7, 11) is 2.98. The Balaban J connectivity index is -0.000000245. The molecule has 0 aliphatic carbocycles. The van der Waals surface area contributed by atoms with E-state index >= 15 is 0 Å². The van der Waals surface area contributed by atoms with Gasteiger partial charge in [0.25, 0.3) is 5.97 Å². The number of methoxy groups -OCH3 is 1. The Hall–Kier alpha value is 0.0534. The monoisotopic (exact) mass is 195 g/mol. The molecule has 0 unspecified atom stereocenters. The van der Waals surface area contributed by atoms with E-state index in [0.29, 0.717) is 0 Å². The van der Waals surface area contributed by atoms with Crippen molar-refractivity contribution >= 4 is 5.97 Å². The van der Waals surface area contributed by atoms with Crippen molar-refractivity contribution < 1.29 is 29.0 Å². The van der Waals surface area contributed by atoms with Crippen LogP contribution in [0.4, 0.5) is 0 Å². The molecule has 0 aromatic rings. The zero-order chi connectivity index (χ0) is 6.57. The Morgan fingerprint density at radius 2 is 2.10 bits per heavy atom. The molecule has 3 nitrogen and oxygen atoms in total. The van der Waals surface area contributed by atoms with Crippen LogP contribution in [0.1, 0.15) is 0 Å². The van der Waals surface area contributed by atoms with Gasteiger partial charge < -0.3 is 24.4 Å². The second-order valence-corrected chi connectivity index (χ2v) is 1.36. The second-order valence-electron chi connectivity index (χ2n) is 1.36. The largest absolute Gasteiger partial charge is 2.00 e. The summed E-state index contributed by atoms with van der Waals surface area (Å²) in [5.41, 5.74) is 0. The van der Waals surface area contributed by atoms with Crippen LogP contribution in [-0.4, -0.2) is 26.2 Å². The van der Waals surface area contributed by atoms with E-state index in [0.717, 1.165) is 0 Å². The van der Waals surface area contributed by atoms with Gasteiger partial charge in [-0.15, -0.1) is 0 Å². The van der Waals surface area contributed by atoms with E-state index in [9.17, 15) is 4.79 Å². The summed E-state index contributed by atoms with van der Waals surface area (Å²) in [5, 5.41) is 2.63. The van der Waals surface area contributed by atoms with E-state index in [-0.39, 0.29) is 32.9 Å². The third-order valence-electron chi connectivity index (χ3n) is 0.834. The number of rotatable bonds is 2. The third-order valence-corrected chi connectivity index (χ3v) is 0.834. The molecule has 0 saturated heterocycles. The molecule has 56 valence electrons. The van der Waals surface area contributed by atoms with Crippen LogP contribution < -0.4 is 5.32 Å².